The van der Waals surface area contributed by atoms with Crippen molar-refractivity contribution >= 4 is 18.1 Å². The molecule has 0 bridgehead atoms. The van der Waals surface area contributed by atoms with Crippen LogP contribution in [0.3, 0.4) is 0 Å². The smallest absolute Gasteiger partial charge is 0.254 e. The summed E-state index contributed by atoms with van der Waals surface area (Å²) in [5.74, 6) is -0.480. The van der Waals surface area contributed by atoms with Gasteiger partial charge in [-0.05, 0) is 23.6 Å². The number of amides is 2. The molecule has 1 aliphatic rings. The number of benzene rings is 2. The van der Waals surface area contributed by atoms with Crippen LogP contribution in [0.2, 0.25) is 0 Å². The average molecular weight is 336 g/mol. The number of carbonyl (C=O) groups is 3. The summed E-state index contributed by atoms with van der Waals surface area (Å²) in [5.41, 5.74) is 2.46. The van der Waals surface area contributed by atoms with Crippen LogP contribution in [-0.4, -0.2) is 42.1 Å². The van der Waals surface area contributed by atoms with Gasteiger partial charge in [-0.2, -0.15) is 0 Å². The number of carbonyl (C=O) groups excluding carboxylic acids is 3. The van der Waals surface area contributed by atoms with Crippen LogP contribution >= 0.6 is 0 Å². The number of nitrogens with zero attached hydrogens (tertiary/aromatic N) is 1. The predicted octanol–water partition coefficient (Wildman–Crippen LogP) is 1.61. The number of rotatable bonds is 5. The van der Waals surface area contributed by atoms with E-state index in [0.717, 1.165) is 17.4 Å². The van der Waals surface area contributed by atoms with Crippen molar-refractivity contribution in [3.05, 3.63) is 71.3 Å². The van der Waals surface area contributed by atoms with Crippen molar-refractivity contribution in [1.29, 1.82) is 0 Å². The quantitative estimate of drug-likeness (QED) is 0.844. The highest BCUT2D eigenvalue weighted by atomic mass is 16.2. The first kappa shape index (κ1) is 16.9. The lowest BCUT2D eigenvalue weighted by atomic mass is 9.93. The summed E-state index contributed by atoms with van der Waals surface area (Å²) in [7, 11) is 1.62. The molecule has 1 aliphatic heterocycles. The normalized spacial score (nSPS) is 17.6. The molecule has 5 heteroatoms. The minimum atomic E-state index is -0.615. The Morgan fingerprint density at radius 1 is 1.20 bits per heavy atom. The summed E-state index contributed by atoms with van der Waals surface area (Å²) in [6.07, 6.45) is 1.61. The number of fused-ring (bicyclic) bond motifs is 1. The van der Waals surface area contributed by atoms with Crippen LogP contribution in [0, 0.1) is 0 Å². The van der Waals surface area contributed by atoms with Crippen LogP contribution in [0.25, 0.3) is 0 Å². The molecule has 2 atom stereocenters. The molecule has 0 radical (unpaired) electrons. The number of hydrogen-bond acceptors (Lipinski definition) is 3. The first-order valence-electron chi connectivity index (χ1n) is 8.25. The minimum Gasteiger partial charge on any atom is -0.344 e. The molecule has 5 nitrogen and oxygen atoms in total. The lowest BCUT2D eigenvalue weighted by molar-refractivity contribution is -0.127. The zero-order valence-corrected chi connectivity index (χ0v) is 14.0. The molecular weight excluding hydrogens is 316 g/mol. The van der Waals surface area contributed by atoms with Crippen LogP contribution < -0.4 is 5.32 Å². The Labute approximate surface area is 146 Å². The van der Waals surface area contributed by atoms with E-state index in [0.29, 0.717) is 18.4 Å². The number of aldehydes is 1. The standard InChI is InChI=1S/C20H20N2O3/c1-22-18(12-15-9-5-6-10-17(15)20(22)25)19(24)21-16(13-23)11-14-7-3-2-4-8-14/h2-10,13,16,18H,11-12H2,1H3,(H,21,24)/t16-,18-/m0/s1. The SMILES string of the molecule is CN1C(=O)c2ccccc2C[C@H]1C(=O)N[C@H](C=O)Cc1ccccc1. The van der Waals surface area contributed by atoms with E-state index >= 15 is 0 Å². The molecule has 0 saturated heterocycles. The molecular formula is C20H20N2O3. The highest BCUT2D eigenvalue weighted by molar-refractivity contribution is 6.00. The molecule has 128 valence electrons. The maximum absolute atomic E-state index is 12.7. The van der Waals surface area contributed by atoms with Gasteiger partial charge in [0.1, 0.15) is 12.3 Å². The van der Waals surface area contributed by atoms with Crippen molar-refractivity contribution < 1.29 is 14.4 Å². The van der Waals surface area contributed by atoms with Gasteiger partial charge in [-0.25, -0.2) is 0 Å². The van der Waals surface area contributed by atoms with Gasteiger partial charge in [-0.15, -0.1) is 0 Å². The van der Waals surface area contributed by atoms with E-state index < -0.39 is 12.1 Å². The molecule has 3 rings (SSSR count). The first-order chi connectivity index (χ1) is 12.1. The van der Waals surface area contributed by atoms with Gasteiger partial charge in [-0.3, -0.25) is 9.59 Å². The second-order valence-corrected chi connectivity index (χ2v) is 6.23. The first-order valence-corrected chi connectivity index (χ1v) is 8.25. The summed E-state index contributed by atoms with van der Waals surface area (Å²) in [6.45, 7) is 0. The predicted molar refractivity (Wildman–Crippen MR) is 94.2 cm³/mol. The zero-order valence-electron chi connectivity index (χ0n) is 14.0. The third kappa shape index (κ3) is 3.60. The highest BCUT2D eigenvalue weighted by Gasteiger charge is 2.34. The topological polar surface area (TPSA) is 66.5 Å². The third-order valence-corrected chi connectivity index (χ3v) is 4.54. The van der Waals surface area contributed by atoms with E-state index in [-0.39, 0.29) is 11.8 Å². The Balaban J connectivity index is 1.72. The van der Waals surface area contributed by atoms with E-state index in [1.54, 1.807) is 13.1 Å². The Morgan fingerprint density at radius 3 is 2.60 bits per heavy atom. The fourth-order valence-electron chi connectivity index (χ4n) is 3.13. The van der Waals surface area contributed by atoms with Crippen molar-refractivity contribution in [3.63, 3.8) is 0 Å². The van der Waals surface area contributed by atoms with Gasteiger partial charge in [0.05, 0.1) is 6.04 Å². The number of likely N-dealkylation sites (N-methyl/N-ethyl adjacent to an activating group) is 1. The van der Waals surface area contributed by atoms with Gasteiger partial charge >= 0.3 is 0 Å². The Kier molecular flexibility index (Phi) is 4.93. The molecule has 0 aromatic heterocycles. The molecule has 0 fully saturated rings. The summed E-state index contributed by atoms with van der Waals surface area (Å²) in [6, 6.07) is 15.6. The molecule has 25 heavy (non-hydrogen) atoms. The van der Waals surface area contributed by atoms with Gasteiger partial charge in [0, 0.05) is 19.0 Å². The molecule has 1 heterocycles. The van der Waals surface area contributed by atoms with E-state index in [9.17, 15) is 14.4 Å². The third-order valence-electron chi connectivity index (χ3n) is 4.54. The van der Waals surface area contributed by atoms with E-state index in [4.69, 9.17) is 0 Å². The number of nitrogens with one attached hydrogen (secondary N) is 1. The molecule has 2 amide bonds. The molecule has 2 aromatic carbocycles. The van der Waals surface area contributed by atoms with Crippen molar-refractivity contribution in [2.45, 2.75) is 24.9 Å². The molecule has 0 spiro atoms. The second kappa shape index (κ2) is 7.30. The van der Waals surface area contributed by atoms with E-state index in [1.165, 1.54) is 4.90 Å². The highest BCUT2D eigenvalue weighted by Crippen LogP contribution is 2.22. The summed E-state index contributed by atoms with van der Waals surface area (Å²) >= 11 is 0. The lowest BCUT2D eigenvalue weighted by Crippen LogP contribution is -2.54. The van der Waals surface area contributed by atoms with Gasteiger partial charge in [0.25, 0.3) is 5.91 Å². The van der Waals surface area contributed by atoms with Crippen molar-refractivity contribution in [2.75, 3.05) is 7.05 Å². The molecule has 1 N–H and O–H groups in total. The van der Waals surface area contributed by atoms with Crippen LogP contribution in [-0.2, 0) is 22.4 Å². The monoisotopic (exact) mass is 336 g/mol. The van der Waals surface area contributed by atoms with Crippen LogP contribution in [0.1, 0.15) is 21.5 Å². The summed E-state index contributed by atoms with van der Waals surface area (Å²) < 4.78 is 0. The summed E-state index contributed by atoms with van der Waals surface area (Å²) in [5, 5.41) is 2.77. The Hall–Kier alpha value is -2.95. The maximum Gasteiger partial charge on any atom is 0.254 e. The van der Waals surface area contributed by atoms with Gasteiger partial charge in [0.2, 0.25) is 5.91 Å². The van der Waals surface area contributed by atoms with Crippen LogP contribution in [0.15, 0.2) is 54.6 Å². The van der Waals surface area contributed by atoms with Crippen molar-refractivity contribution in [3.8, 4) is 0 Å². The lowest BCUT2D eigenvalue weighted by Gasteiger charge is -2.33. The molecule has 2 aromatic rings. The van der Waals surface area contributed by atoms with Gasteiger partial charge in [-0.1, -0.05) is 48.5 Å². The fourth-order valence-corrected chi connectivity index (χ4v) is 3.13. The van der Waals surface area contributed by atoms with E-state index in [2.05, 4.69) is 5.32 Å². The molecule has 0 aliphatic carbocycles. The van der Waals surface area contributed by atoms with Crippen LogP contribution in [0.5, 0.6) is 0 Å². The van der Waals surface area contributed by atoms with Gasteiger partial charge < -0.3 is 15.0 Å². The molecule has 0 saturated carbocycles. The molecule has 0 unspecified atom stereocenters. The summed E-state index contributed by atoms with van der Waals surface area (Å²) in [4.78, 5) is 37.9. The zero-order chi connectivity index (χ0) is 17.8. The van der Waals surface area contributed by atoms with Gasteiger partial charge in [0.15, 0.2) is 0 Å². The maximum atomic E-state index is 12.7. The Morgan fingerprint density at radius 2 is 1.88 bits per heavy atom. The van der Waals surface area contributed by atoms with Crippen molar-refractivity contribution in [2.24, 2.45) is 0 Å². The average Bonchev–Trinajstić information content (AvgIpc) is 2.64. The van der Waals surface area contributed by atoms with E-state index in [1.807, 2.05) is 48.5 Å². The van der Waals surface area contributed by atoms with Crippen LogP contribution in [0.4, 0.5) is 0 Å². The fraction of sp³-hybridized carbons (Fsp3) is 0.250. The minimum absolute atomic E-state index is 0.173. The second-order valence-electron chi connectivity index (χ2n) is 6.23. The number of hydrogen-bond donors (Lipinski definition) is 1. The largest absolute Gasteiger partial charge is 0.344 e. The van der Waals surface area contributed by atoms with Crippen molar-refractivity contribution in [1.82, 2.24) is 10.2 Å². The Bertz CT molecular complexity index is 789.